The molecule has 0 fully saturated rings. The molecule has 0 saturated carbocycles. The van der Waals surface area contributed by atoms with Crippen molar-refractivity contribution >= 4 is 55.9 Å². The molecule has 0 spiro atoms. The van der Waals surface area contributed by atoms with Gasteiger partial charge in [-0.05, 0) is 56.7 Å². The smallest absolute Gasteiger partial charge is 0.162 e. The molecule has 2 rings (SSSR count). The number of nitrogens with two attached hydrogens (primary N) is 1. The molecule has 2 aromatic rings. The third-order valence-corrected chi connectivity index (χ3v) is 3.67. The van der Waals surface area contributed by atoms with Gasteiger partial charge in [-0.25, -0.2) is 9.97 Å². The van der Waals surface area contributed by atoms with E-state index in [1.54, 1.807) is 18.3 Å². The molecular formula is C10H6BrClIN3. The molecule has 0 radical (unpaired) electrons. The summed E-state index contributed by atoms with van der Waals surface area (Å²) in [5.41, 5.74) is 6.61. The first-order valence-electron chi connectivity index (χ1n) is 4.31. The molecule has 0 bridgehead atoms. The molecule has 0 atom stereocenters. The van der Waals surface area contributed by atoms with Crippen molar-refractivity contribution in [2.24, 2.45) is 0 Å². The number of aromatic nitrogens is 2. The second kappa shape index (κ2) is 4.85. The van der Waals surface area contributed by atoms with E-state index in [4.69, 9.17) is 17.3 Å². The Labute approximate surface area is 120 Å². The third-order valence-electron chi connectivity index (χ3n) is 1.94. The topological polar surface area (TPSA) is 51.8 Å². The molecule has 0 aliphatic rings. The Kier molecular flexibility index (Phi) is 3.66. The highest BCUT2D eigenvalue weighted by Gasteiger charge is 2.08. The Morgan fingerprint density at radius 1 is 1.38 bits per heavy atom. The second-order valence-corrected chi connectivity index (χ2v) is 5.50. The summed E-state index contributed by atoms with van der Waals surface area (Å²) in [7, 11) is 0. The predicted octanol–water partition coefficient (Wildman–Crippen LogP) is 3.75. The normalized spacial score (nSPS) is 10.4. The van der Waals surface area contributed by atoms with Crippen LogP contribution in [0.2, 0.25) is 5.02 Å². The lowest BCUT2D eigenvalue weighted by atomic mass is 10.2. The van der Waals surface area contributed by atoms with Crippen LogP contribution >= 0.6 is 50.1 Å². The highest BCUT2D eigenvalue weighted by molar-refractivity contribution is 14.1. The van der Waals surface area contributed by atoms with Crippen molar-refractivity contribution in [1.29, 1.82) is 0 Å². The Hall–Kier alpha value is -0.400. The Balaban J connectivity index is 2.54. The van der Waals surface area contributed by atoms with Gasteiger partial charge in [0.25, 0.3) is 0 Å². The molecular weight excluding hydrogens is 404 g/mol. The summed E-state index contributed by atoms with van der Waals surface area (Å²) >= 11 is 11.4. The minimum Gasteiger partial charge on any atom is -0.383 e. The van der Waals surface area contributed by atoms with Gasteiger partial charge in [-0.1, -0.05) is 11.6 Å². The van der Waals surface area contributed by atoms with Gasteiger partial charge in [0.1, 0.15) is 5.82 Å². The molecule has 16 heavy (non-hydrogen) atoms. The average molecular weight is 410 g/mol. The fraction of sp³-hybridized carbons (Fsp3) is 0. The molecule has 0 unspecified atom stereocenters. The monoisotopic (exact) mass is 409 g/mol. The Morgan fingerprint density at radius 3 is 2.75 bits per heavy atom. The molecule has 3 nitrogen and oxygen atoms in total. The van der Waals surface area contributed by atoms with E-state index in [9.17, 15) is 0 Å². The molecule has 82 valence electrons. The molecule has 1 aromatic carbocycles. The van der Waals surface area contributed by atoms with Crippen LogP contribution in [0.4, 0.5) is 5.82 Å². The molecule has 1 heterocycles. The molecule has 6 heteroatoms. The largest absolute Gasteiger partial charge is 0.383 e. The van der Waals surface area contributed by atoms with Crippen LogP contribution in [0.1, 0.15) is 0 Å². The lowest BCUT2D eigenvalue weighted by molar-refractivity contribution is 1.16. The maximum absolute atomic E-state index is 5.86. The van der Waals surface area contributed by atoms with Crippen molar-refractivity contribution in [3.8, 4) is 11.4 Å². The van der Waals surface area contributed by atoms with E-state index in [2.05, 4.69) is 48.5 Å². The first kappa shape index (κ1) is 12.1. The average Bonchev–Trinajstić information content (AvgIpc) is 2.22. The van der Waals surface area contributed by atoms with Crippen LogP contribution in [-0.2, 0) is 0 Å². The zero-order valence-corrected chi connectivity index (χ0v) is 12.4. The maximum Gasteiger partial charge on any atom is 0.162 e. The highest BCUT2D eigenvalue weighted by Crippen LogP contribution is 2.29. The quantitative estimate of drug-likeness (QED) is 0.729. The zero-order valence-electron chi connectivity index (χ0n) is 7.92. The first-order chi connectivity index (χ1) is 7.58. The van der Waals surface area contributed by atoms with Gasteiger partial charge < -0.3 is 5.73 Å². The number of benzene rings is 1. The van der Waals surface area contributed by atoms with Crippen molar-refractivity contribution in [2.45, 2.75) is 0 Å². The first-order valence-corrected chi connectivity index (χ1v) is 6.56. The van der Waals surface area contributed by atoms with Crippen LogP contribution in [0.5, 0.6) is 0 Å². The maximum atomic E-state index is 5.86. The molecule has 2 N–H and O–H groups in total. The summed E-state index contributed by atoms with van der Waals surface area (Å²) in [6.07, 6.45) is 1.69. The molecule has 0 saturated heterocycles. The van der Waals surface area contributed by atoms with E-state index in [0.29, 0.717) is 16.7 Å². The summed E-state index contributed by atoms with van der Waals surface area (Å²) < 4.78 is 1.69. The van der Waals surface area contributed by atoms with Gasteiger partial charge in [-0.3, -0.25) is 0 Å². The fourth-order valence-corrected chi connectivity index (χ4v) is 2.30. The molecule has 0 aliphatic carbocycles. The van der Waals surface area contributed by atoms with Gasteiger partial charge in [-0.2, -0.15) is 0 Å². The fourth-order valence-electron chi connectivity index (χ4n) is 1.18. The van der Waals surface area contributed by atoms with E-state index in [0.717, 1.165) is 13.6 Å². The van der Waals surface area contributed by atoms with Crippen molar-refractivity contribution in [1.82, 2.24) is 9.97 Å². The van der Waals surface area contributed by atoms with Gasteiger partial charge >= 0.3 is 0 Å². The van der Waals surface area contributed by atoms with E-state index in [-0.39, 0.29) is 0 Å². The number of hydrogen-bond donors (Lipinski definition) is 1. The van der Waals surface area contributed by atoms with Crippen molar-refractivity contribution in [3.63, 3.8) is 0 Å². The van der Waals surface area contributed by atoms with Crippen LogP contribution in [-0.4, -0.2) is 9.97 Å². The number of halogens is 3. The van der Waals surface area contributed by atoms with Gasteiger partial charge in [0.05, 0.1) is 3.57 Å². The van der Waals surface area contributed by atoms with Crippen LogP contribution in [0.3, 0.4) is 0 Å². The highest BCUT2D eigenvalue weighted by atomic mass is 127. The van der Waals surface area contributed by atoms with Gasteiger partial charge in [0, 0.05) is 21.3 Å². The summed E-state index contributed by atoms with van der Waals surface area (Å²) in [5.74, 6) is 1.06. The number of anilines is 1. The van der Waals surface area contributed by atoms with Crippen molar-refractivity contribution in [3.05, 3.63) is 37.5 Å². The third kappa shape index (κ3) is 2.46. The SMILES string of the molecule is Nc1nc(-c2ccc(Cl)cc2Br)ncc1I. The van der Waals surface area contributed by atoms with Crippen molar-refractivity contribution < 1.29 is 0 Å². The van der Waals surface area contributed by atoms with Gasteiger partial charge in [0.15, 0.2) is 5.82 Å². The number of rotatable bonds is 1. The van der Waals surface area contributed by atoms with Crippen LogP contribution in [0.25, 0.3) is 11.4 Å². The lowest BCUT2D eigenvalue weighted by Crippen LogP contribution is -1.98. The molecule has 1 aromatic heterocycles. The van der Waals surface area contributed by atoms with Crippen LogP contribution < -0.4 is 5.73 Å². The predicted molar refractivity (Wildman–Crippen MR) is 77.3 cm³/mol. The lowest BCUT2D eigenvalue weighted by Gasteiger charge is -2.05. The molecule has 0 aliphatic heterocycles. The number of hydrogen-bond acceptors (Lipinski definition) is 3. The summed E-state index contributed by atoms with van der Waals surface area (Å²) in [4.78, 5) is 8.45. The Bertz CT molecular complexity index is 548. The van der Waals surface area contributed by atoms with Gasteiger partial charge in [-0.15, -0.1) is 0 Å². The minimum atomic E-state index is 0.479. The Morgan fingerprint density at radius 2 is 2.12 bits per heavy atom. The van der Waals surface area contributed by atoms with E-state index in [1.807, 2.05) is 6.07 Å². The summed E-state index contributed by atoms with van der Waals surface area (Å²) in [6, 6.07) is 5.45. The van der Waals surface area contributed by atoms with E-state index in [1.165, 1.54) is 0 Å². The van der Waals surface area contributed by atoms with E-state index < -0.39 is 0 Å². The number of nitrogen functional groups attached to an aromatic ring is 1. The minimum absolute atomic E-state index is 0.479. The van der Waals surface area contributed by atoms with E-state index >= 15 is 0 Å². The summed E-state index contributed by atoms with van der Waals surface area (Å²) in [5, 5.41) is 0.661. The molecule has 0 amide bonds. The standard InChI is InChI=1S/C10H6BrClIN3/c11-7-3-5(12)1-2-6(7)10-15-4-8(13)9(14)16-10/h1-4H,(H2,14,15,16). The van der Waals surface area contributed by atoms with Crippen LogP contribution in [0, 0.1) is 3.57 Å². The second-order valence-electron chi connectivity index (χ2n) is 3.05. The van der Waals surface area contributed by atoms with Crippen molar-refractivity contribution in [2.75, 3.05) is 5.73 Å². The number of nitrogens with zero attached hydrogens (tertiary/aromatic N) is 2. The van der Waals surface area contributed by atoms with Crippen LogP contribution in [0.15, 0.2) is 28.9 Å². The zero-order chi connectivity index (χ0) is 11.7. The summed E-state index contributed by atoms with van der Waals surface area (Å²) in [6.45, 7) is 0. The van der Waals surface area contributed by atoms with Gasteiger partial charge in [0.2, 0.25) is 0 Å².